The van der Waals surface area contributed by atoms with Gasteiger partial charge in [0.15, 0.2) is 0 Å². The van der Waals surface area contributed by atoms with Crippen molar-refractivity contribution in [1.29, 1.82) is 0 Å². The third-order valence-corrected chi connectivity index (χ3v) is 10.1. The fourth-order valence-electron chi connectivity index (χ4n) is 6.71. The number of hydrogen-bond acceptors (Lipinski definition) is 5. The van der Waals surface area contributed by atoms with E-state index in [0.717, 1.165) is 11.8 Å². The third-order valence-electron chi connectivity index (χ3n) is 8.15. The zero-order valence-electron chi connectivity index (χ0n) is 18.1. The molecule has 1 amide bonds. The number of hydrogen-bond donors (Lipinski definition) is 1. The zero-order valence-corrected chi connectivity index (χ0v) is 18.9. The second-order valence-corrected chi connectivity index (χ2v) is 11.6. The van der Waals surface area contributed by atoms with Crippen LogP contribution in [0.4, 0.5) is 0 Å². The van der Waals surface area contributed by atoms with E-state index in [1.807, 2.05) is 0 Å². The van der Waals surface area contributed by atoms with Crippen LogP contribution in [0.1, 0.15) is 42.5 Å². The maximum absolute atomic E-state index is 12.9. The molecule has 5 aliphatic rings. The van der Waals surface area contributed by atoms with Crippen LogP contribution < -0.4 is 5.32 Å². The molecule has 1 heterocycles. The Labute approximate surface area is 184 Å². The lowest BCUT2D eigenvalue weighted by molar-refractivity contribution is -0.186. The second kappa shape index (κ2) is 8.14. The lowest BCUT2D eigenvalue weighted by atomic mass is 9.49. The first kappa shape index (κ1) is 21.4. The maximum Gasteiger partial charge on any atom is 0.251 e. The molecule has 6 rings (SSSR count). The summed E-state index contributed by atoms with van der Waals surface area (Å²) in [5, 5.41) is 3.10. The quantitative estimate of drug-likeness (QED) is 0.722. The highest BCUT2D eigenvalue weighted by atomic mass is 32.2. The van der Waals surface area contributed by atoms with Crippen LogP contribution in [-0.4, -0.2) is 64.2 Å². The summed E-state index contributed by atoms with van der Waals surface area (Å²) in [6.45, 7) is 2.04. The Morgan fingerprint density at radius 2 is 1.65 bits per heavy atom. The van der Waals surface area contributed by atoms with E-state index in [9.17, 15) is 13.2 Å². The normalized spacial score (nSPS) is 35.3. The van der Waals surface area contributed by atoms with Crippen molar-refractivity contribution in [1.82, 2.24) is 9.62 Å². The maximum atomic E-state index is 12.9. The summed E-state index contributed by atoms with van der Waals surface area (Å²) in [6, 6.07) is 6.24. The van der Waals surface area contributed by atoms with Gasteiger partial charge in [0.2, 0.25) is 10.0 Å². The molecule has 0 aromatic heterocycles. The number of benzene rings is 1. The van der Waals surface area contributed by atoms with E-state index in [4.69, 9.17) is 9.47 Å². The number of rotatable bonds is 6. The predicted molar refractivity (Wildman–Crippen MR) is 115 cm³/mol. The second-order valence-electron chi connectivity index (χ2n) is 9.69. The van der Waals surface area contributed by atoms with Gasteiger partial charge < -0.3 is 14.8 Å². The molecule has 1 aromatic carbocycles. The minimum absolute atomic E-state index is 0.180. The van der Waals surface area contributed by atoms with Gasteiger partial charge in [-0.1, -0.05) is 0 Å². The number of amides is 1. The molecule has 8 heteroatoms. The topological polar surface area (TPSA) is 84.9 Å². The summed E-state index contributed by atoms with van der Waals surface area (Å²) in [5.41, 5.74) is 0.207. The third kappa shape index (κ3) is 3.71. The first-order valence-corrected chi connectivity index (χ1v) is 12.9. The SMILES string of the molecule is COC1(CNC(=O)c2ccc(S(=O)(=O)N3CCOCC3)cc2)C2CC3CC(C2)CC1C3. The number of morpholine rings is 1. The summed E-state index contributed by atoms with van der Waals surface area (Å²) in [7, 11) is -1.77. The smallest absolute Gasteiger partial charge is 0.251 e. The number of ether oxygens (including phenoxy) is 2. The summed E-state index contributed by atoms with van der Waals surface area (Å²) >= 11 is 0. The van der Waals surface area contributed by atoms with Gasteiger partial charge >= 0.3 is 0 Å². The summed E-state index contributed by atoms with van der Waals surface area (Å²) < 4.78 is 38.3. The lowest BCUT2D eigenvalue weighted by Gasteiger charge is -2.60. The highest BCUT2D eigenvalue weighted by Crippen LogP contribution is 2.59. The van der Waals surface area contributed by atoms with E-state index >= 15 is 0 Å². The Hall–Kier alpha value is -1.48. The van der Waals surface area contributed by atoms with Crippen molar-refractivity contribution < 1.29 is 22.7 Å². The Kier molecular flexibility index (Phi) is 5.61. The molecule has 7 nitrogen and oxygen atoms in total. The highest BCUT2D eigenvalue weighted by Gasteiger charge is 2.57. The van der Waals surface area contributed by atoms with Crippen LogP contribution in [0.25, 0.3) is 0 Å². The monoisotopic (exact) mass is 448 g/mol. The number of methoxy groups -OCH3 is 1. The number of nitrogens with one attached hydrogen (secondary N) is 1. The van der Waals surface area contributed by atoms with E-state index in [-0.39, 0.29) is 16.4 Å². The van der Waals surface area contributed by atoms with Gasteiger partial charge in [0.05, 0.1) is 23.7 Å². The fraction of sp³-hybridized carbons (Fsp3) is 0.696. The van der Waals surface area contributed by atoms with Crippen LogP contribution in [-0.2, 0) is 19.5 Å². The number of carbonyl (C=O) groups is 1. The van der Waals surface area contributed by atoms with Gasteiger partial charge in [0, 0.05) is 32.3 Å². The Morgan fingerprint density at radius 3 is 2.19 bits per heavy atom. The molecular formula is C23H32N2O5S. The molecule has 170 valence electrons. The first-order chi connectivity index (χ1) is 14.9. The lowest BCUT2D eigenvalue weighted by Crippen LogP contribution is -2.63. The molecule has 4 bridgehead atoms. The van der Waals surface area contributed by atoms with Gasteiger partial charge in [-0.3, -0.25) is 4.79 Å². The van der Waals surface area contributed by atoms with Gasteiger partial charge in [-0.15, -0.1) is 0 Å². The zero-order chi connectivity index (χ0) is 21.6. The van der Waals surface area contributed by atoms with Crippen LogP contribution in [0.2, 0.25) is 0 Å². The van der Waals surface area contributed by atoms with E-state index in [1.165, 1.54) is 48.5 Å². The summed E-state index contributed by atoms with van der Waals surface area (Å²) in [5.74, 6) is 2.54. The highest BCUT2D eigenvalue weighted by molar-refractivity contribution is 7.89. The molecule has 4 saturated carbocycles. The Morgan fingerprint density at radius 1 is 1.06 bits per heavy atom. The molecule has 1 N–H and O–H groups in total. The van der Waals surface area contributed by atoms with Gasteiger partial charge in [0.25, 0.3) is 5.91 Å². The van der Waals surface area contributed by atoms with Crippen molar-refractivity contribution in [3.05, 3.63) is 29.8 Å². The molecule has 0 radical (unpaired) electrons. The molecule has 0 atom stereocenters. The summed E-state index contributed by atoms with van der Waals surface area (Å²) in [4.78, 5) is 13.1. The van der Waals surface area contributed by atoms with E-state index in [1.54, 1.807) is 19.2 Å². The molecule has 1 aromatic rings. The first-order valence-electron chi connectivity index (χ1n) is 11.4. The minimum Gasteiger partial charge on any atom is -0.379 e. The average molecular weight is 449 g/mol. The number of carbonyl (C=O) groups excluding carboxylic acids is 1. The number of nitrogens with zero attached hydrogens (tertiary/aromatic N) is 1. The largest absolute Gasteiger partial charge is 0.379 e. The van der Waals surface area contributed by atoms with E-state index in [2.05, 4.69) is 5.32 Å². The molecule has 0 unspecified atom stereocenters. The van der Waals surface area contributed by atoms with Crippen LogP contribution in [0.3, 0.4) is 0 Å². The Balaban J connectivity index is 1.26. The van der Waals surface area contributed by atoms with Crippen molar-refractivity contribution in [2.75, 3.05) is 40.0 Å². The molecule has 1 saturated heterocycles. The van der Waals surface area contributed by atoms with Gasteiger partial charge in [-0.25, -0.2) is 8.42 Å². The van der Waals surface area contributed by atoms with E-state index in [0.29, 0.717) is 50.2 Å². The van der Waals surface area contributed by atoms with Crippen molar-refractivity contribution in [2.45, 2.75) is 42.6 Å². The van der Waals surface area contributed by atoms with Gasteiger partial charge in [-0.2, -0.15) is 4.31 Å². The van der Waals surface area contributed by atoms with Crippen LogP contribution in [0.15, 0.2) is 29.2 Å². The predicted octanol–water partition coefficient (Wildman–Crippen LogP) is 2.28. The van der Waals surface area contributed by atoms with Crippen molar-refractivity contribution in [3.63, 3.8) is 0 Å². The van der Waals surface area contributed by atoms with Crippen molar-refractivity contribution >= 4 is 15.9 Å². The van der Waals surface area contributed by atoms with E-state index < -0.39 is 10.0 Å². The number of sulfonamides is 1. The van der Waals surface area contributed by atoms with Crippen LogP contribution in [0, 0.1) is 23.7 Å². The van der Waals surface area contributed by atoms with Gasteiger partial charge in [-0.05, 0) is 80.0 Å². The standard InChI is InChI=1S/C23H32N2O5S/c1-29-23(19-11-16-10-17(13-19)14-20(23)12-16)15-24-22(26)18-2-4-21(5-3-18)31(27,28)25-6-8-30-9-7-25/h2-5,16-17,19-20H,6-15H2,1H3,(H,24,26). The van der Waals surface area contributed by atoms with Gasteiger partial charge in [0.1, 0.15) is 0 Å². The molecule has 4 aliphatic carbocycles. The molecule has 0 spiro atoms. The molecular weight excluding hydrogens is 416 g/mol. The van der Waals surface area contributed by atoms with Crippen LogP contribution >= 0.6 is 0 Å². The molecule has 5 fully saturated rings. The van der Waals surface area contributed by atoms with Crippen molar-refractivity contribution in [2.24, 2.45) is 23.7 Å². The van der Waals surface area contributed by atoms with Crippen molar-refractivity contribution in [3.8, 4) is 0 Å². The fourth-order valence-corrected chi connectivity index (χ4v) is 8.12. The molecule has 1 aliphatic heterocycles. The average Bonchev–Trinajstić information content (AvgIpc) is 2.79. The molecule has 31 heavy (non-hydrogen) atoms. The Bertz CT molecular complexity index is 896. The van der Waals surface area contributed by atoms with Crippen LogP contribution in [0.5, 0.6) is 0 Å². The summed E-state index contributed by atoms with van der Waals surface area (Å²) in [6.07, 6.45) is 6.23. The minimum atomic E-state index is -3.56.